The Morgan fingerprint density at radius 1 is 0.971 bits per heavy atom. The predicted octanol–water partition coefficient (Wildman–Crippen LogP) is 5.00. The first kappa shape index (κ1) is 24.0. The Morgan fingerprint density at radius 2 is 1.74 bits per heavy atom. The second-order valence-corrected chi connectivity index (χ2v) is 9.27. The van der Waals surface area contributed by atoms with Crippen LogP contribution in [-0.4, -0.2) is 29.6 Å². The molecular weight excluding hydrogens is 430 g/mol. The average Bonchev–Trinajstić information content (AvgIpc) is 3.37. The SMILES string of the molecule is O=C(Nc1cc(CNc2ccccc2C(=O)NOCC2CCCC2)ccn1)NC1CCCCC1. The Balaban J connectivity index is 1.28. The third-order valence-electron chi connectivity index (χ3n) is 6.62. The minimum Gasteiger partial charge on any atom is -0.380 e. The summed E-state index contributed by atoms with van der Waals surface area (Å²) in [7, 11) is 0. The molecule has 8 nitrogen and oxygen atoms in total. The van der Waals surface area contributed by atoms with Crippen molar-refractivity contribution in [2.75, 3.05) is 17.2 Å². The number of urea groups is 1. The van der Waals surface area contributed by atoms with Crippen molar-refractivity contribution in [2.24, 2.45) is 5.92 Å². The molecule has 1 heterocycles. The molecule has 2 fully saturated rings. The summed E-state index contributed by atoms with van der Waals surface area (Å²) in [5.41, 5.74) is 4.76. The summed E-state index contributed by atoms with van der Waals surface area (Å²) in [5, 5.41) is 9.19. The summed E-state index contributed by atoms with van der Waals surface area (Å²) < 4.78 is 0. The lowest BCUT2D eigenvalue weighted by Crippen LogP contribution is -2.39. The maximum Gasteiger partial charge on any atom is 0.320 e. The number of nitrogens with zero attached hydrogens (tertiary/aromatic N) is 1. The fourth-order valence-electron chi connectivity index (χ4n) is 4.73. The van der Waals surface area contributed by atoms with Gasteiger partial charge in [-0.2, -0.15) is 0 Å². The van der Waals surface area contributed by atoms with E-state index in [1.165, 1.54) is 32.1 Å². The van der Waals surface area contributed by atoms with Gasteiger partial charge in [0.2, 0.25) is 0 Å². The number of carbonyl (C=O) groups is 2. The predicted molar refractivity (Wildman–Crippen MR) is 132 cm³/mol. The zero-order valence-electron chi connectivity index (χ0n) is 19.6. The highest BCUT2D eigenvalue weighted by molar-refractivity contribution is 5.99. The van der Waals surface area contributed by atoms with Crippen molar-refractivity contribution in [3.8, 4) is 0 Å². The van der Waals surface area contributed by atoms with Crippen LogP contribution in [0.15, 0.2) is 42.6 Å². The molecule has 0 unspecified atom stereocenters. The van der Waals surface area contributed by atoms with Gasteiger partial charge in [0.05, 0.1) is 12.2 Å². The van der Waals surface area contributed by atoms with Crippen molar-refractivity contribution in [1.29, 1.82) is 0 Å². The van der Waals surface area contributed by atoms with Crippen molar-refractivity contribution >= 4 is 23.4 Å². The summed E-state index contributed by atoms with van der Waals surface area (Å²) in [4.78, 5) is 34.7. The van der Waals surface area contributed by atoms with E-state index in [0.717, 1.165) is 31.2 Å². The maximum absolute atomic E-state index is 12.6. The van der Waals surface area contributed by atoms with Crippen LogP contribution in [0.3, 0.4) is 0 Å². The van der Waals surface area contributed by atoms with Gasteiger partial charge in [0, 0.05) is 24.5 Å². The van der Waals surface area contributed by atoms with E-state index in [1.54, 1.807) is 12.3 Å². The molecule has 2 aromatic rings. The highest BCUT2D eigenvalue weighted by atomic mass is 16.6. The van der Waals surface area contributed by atoms with Crippen LogP contribution in [0.1, 0.15) is 73.7 Å². The molecule has 0 bridgehead atoms. The van der Waals surface area contributed by atoms with E-state index in [1.807, 2.05) is 30.3 Å². The first-order valence-electron chi connectivity index (χ1n) is 12.4. The van der Waals surface area contributed by atoms with Gasteiger partial charge in [0.25, 0.3) is 5.91 Å². The molecule has 4 N–H and O–H groups in total. The summed E-state index contributed by atoms with van der Waals surface area (Å²) in [6, 6.07) is 11.1. The number of carbonyl (C=O) groups excluding carboxylic acids is 2. The van der Waals surface area contributed by atoms with Crippen molar-refractivity contribution in [2.45, 2.75) is 70.4 Å². The van der Waals surface area contributed by atoms with Crippen LogP contribution < -0.4 is 21.4 Å². The first-order valence-corrected chi connectivity index (χ1v) is 12.4. The highest BCUT2D eigenvalue weighted by Crippen LogP contribution is 2.24. The third-order valence-corrected chi connectivity index (χ3v) is 6.62. The Labute approximate surface area is 201 Å². The Morgan fingerprint density at radius 3 is 2.56 bits per heavy atom. The number of pyridine rings is 1. The molecule has 2 saturated carbocycles. The molecule has 1 aromatic carbocycles. The number of nitrogens with one attached hydrogen (secondary N) is 4. The van der Waals surface area contributed by atoms with Gasteiger partial charge in [-0.25, -0.2) is 15.3 Å². The van der Waals surface area contributed by atoms with Gasteiger partial charge in [0.1, 0.15) is 5.82 Å². The van der Waals surface area contributed by atoms with Gasteiger partial charge >= 0.3 is 6.03 Å². The van der Waals surface area contributed by atoms with Gasteiger partial charge in [0.15, 0.2) is 0 Å². The lowest BCUT2D eigenvalue weighted by molar-refractivity contribution is 0.0172. The van der Waals surface area contributed by atoms with Gasteiger partial charge < -0.3 is 10.6 Å². The second kappa shape index (κ2) is 12.4. The molecule has 0 aliphatic heterocycles. The molecule has 2 aliphatic carbocycles. The zero-order chi connectivity index (χ0) is 23.6. The fraction of sp³-hybridized carbons (Fsp3) is 0.500. The molecule has 1 aromatic heterocycles. The summed E-state index contributed by atoms with van der Waals surface area (Å²) in [6.07, 6.45) is 12.1. The molecule has 0 radical (unpaired) electrons. The number of benzene rings is 1. The molecule has 3 amide bonds. The number of aromatic nitrogens is 1. The molecule has 0 atom stereocenters. The van der Waals surface area contributed by atoms with Crippen LogP contribution in [0, 0.1) is 5.92 Å². The van der Waals surface area contributed by atoms with Gasteiger partial charge in [-0.05, 0) is 61.4 Å². The van der Waals surface area contributed by atoms with E-state index in [4.69, 9.17) is 4.84 Å². The van der Waals surface area contributed by atoms with Crippen LogP contribution in [-0.2, 0) is 11.4 Å². The lowest BCUT2D eigenvalue weighted by atomic mass is 9.96. The van der Waals surface area contributed by atoms with Crippen LogP contribution in [0.25, 0.3) is 0 Å². The van der Waals surface area contributed by atoms with E-state index in [9.17, 15) is 9.59 Å². The number of rotatable bonds is 9. The Kier molecular flexibility index (Phi) is 8.73. The molecule has 182 valence electrons. The van der Waals surface area contributed by atoms with Crippen LogP contribution in [0.5, 0.6) is 0 Å². The largest absolute Gasteiger partial charge is 0.380 e. The average molecular weight is 466 g/mol. The van der Waals surface area contributed by atoms with E-state index < -0.39 is 0 Å². The monoisotopic (exact) mass is 465 g/mol. The third kappa shape index (κ3) is 7.18. The molecule has 0 spiro atoms. The normalized spacial score (nSPS) is 16.7. The first-order chi connectivity index (χ1) is 16.7. The minimum atomic E-state index is -0.266. The van der Waals surface area contributed by atoms with E-state index in [2.05, 4.69) is 26.4 Å². The summed E-state index contributed by atoms with van der Waals surface area (Å²) in [5.74, 6) is 0.768. The molecule has 0 saturated heterocycles. The number of para-hydroxylation sites is 1. The van der Waals surface area contributed by atoms with Gasteiger partial charge in [-0.1, -0.05) is 44.2 Å². The number of hydrogen-bond acceptors (Lipinski definition) is 5. The standard InChI is InChI=1S/C26H35N5O3/c32-25(31-34-18-19-8-4-5-9-19)22-12-6-7-13-23(22)28-17-20-14-15-27-24(16-20)30-26(33)29-21-10-2-1-3-11-21/h6-7,12-16,19,21,28H,1-5,8-11,17-18H2,(H,31,32)(H2,27,29,30,33). The smallest absolute Gasteiger partial charge is 0.320 e. The number of anilines is 2. The van der Waals surface area contributed by atoms with Crippen LogP contribution in [0.4, 0.5) is 16.3 Å². The van der Waals surface area contributed by atoms with Crippen molar-refractivity contribution in [1.82, 2.24) is 15.8 Å². The number of amides is 3. The van der Waals surface area contributed by atoms with E-state index >= 15 is 0 Å². The Bertz CT molecular complexity index is 955. The minimum absolute atomic E-state index is 0.218. The van der Waals surface area contributed by atoms with Gasteiger partial charge in [-0.15, -0.1) is 0 Å². The van der Waals surface area contributed by atoms with Gasteiger partial charge in [-0.3, -0.25) is 14.9 Å². The number of hydrogen-bond donors (Lipinski definition) is 4. The zero-order valence-corrected chi connectivity index (χ0v) is 19.6. The van der Waals surface area contributed by atoms with Crippen molar-refractivity contribution in [3.05, 3.63) is 53.7 Å². The number of hydroxylamine groups is 1. The van der Waals surface area contributed by atoms with E-state index in [0.29, 0.717) is 36.1 Å². The van der Waals surface area contributed by atoms with Crippen LogP contribution >= 0.6 is 0 Å². The second-order valence-electron chi connectivity index (χ2n) is 9.27. The molecule has 2 aliphatic rings. The molecule has 8 heteroatoms. The summed E-state index contributed by atoms with van der Waals surface area (Å²) in [6.45, 7) is 1.04. The molecular formula is C26H35N5O3. The summed E-state index contributed by atoms with van der Waals surface area (Å²) >= 11 is 0. The lowest BCUT2D eigenvalue weighted by Gasteiger charge is -2.22. The van der Waals surface area contributed by atoms with E-state index in [-0.39, 0.29) is 18.0 Å². The molecule has 4 rings (SSSR count). The highest BCUT2D eigenvalue weighted by Gasteiger charge is 2.17. The topological polar surface area (TPSA) is 104 Å². The fourth-order valence-corrected chi connectivity index (χ4v) is 4.73. The maximum atomic E-state index is 12.6. The quantitative estimate of drug-likeness (QED) is 0.390. The Hall–Kier alpha value is -3.13. The van der Waals surface area contributed by atoms with Crippen LogP contribution in [0.2, 0.25) is 0 Å². The van der Waals surface area contributed by atoms with Crippen molar-refractivity contribution in [3.63, 3.8) is 0 Å². The van der Waals surface area contributed by atoms with Crippen molar-refractivity contribution < 1.29 is 14.4 Å². The molecule has 34 heavy (non-hydrogen) atoms.